The number of carbonyl (C=O) groups excluding carboxylic acids is 1. The van der Waals surface area contributed by atoms with Gasteiger partial charge in [-0.3, -0.25) is 9.69 Å². The van der Waals surface area contributed by atoms with Gasteiger partial charge in [0.1, 0.15) is 5.75 Å². The molecule has 0 N–H and O–H groups in total. The summed E-state index contributed by atoms with van der Waals surface area (Å²) in [5.41, 5.74) is 2.04. The highest BCUT2D eigenvalue weighted by Crippen LogP contribution is 2.33. The molecule has 2 heterocycles. The molecule has 0 spiro atoms. The number of hydrogen-bond acceptors (Lipinski definition) is 5. The van der Waals surface area contributed by atoms with E-state index in [1.54, 1.807) is 0 Å². The van der Waals surface area contributed by atoms with Crippen LogP contribution in [0.3, 0.4) is 0 Å². The average molecular weight is 340 g/mol. The highest BCUT2D eigenvalue weighted by molar-refractivity contribution is 6.30. The van der Waals surface area contributed by atoms with Gasteiger partial charge >= 0.3 is 5.97 Å². The van der Waals surface area contributed by atoms with Crippen LogP contribution in [0.15, 0.2) is 12.1 Å². The molecule has 6 heteroatoms. The van der Waals surface area contributed by atoms with E-state index in [4.69, 9.17) is 25.8 Å². The number of fused-ring (bicyclic) bond motifs is 1. The summed E-state index contributed by atoms with van der Waals surface area (Å²) in [7, 11) is 0. The van der Waals surface area contributed by atoms with Crippen LogP contribution in [0.25, 0.3) is 0 Å². The van der Waals surface area contributed by atoms with Crippen molar-refractivity contribution in [2.45, 2.75) is 32.9 Å². The minimum Gasteiger partial charge on any atom is -0.467 e. The topological polar surface area (TPSA) is 48.0 Å². The third-order valence-electron chi connectivity index (χ3n) is 4.27. The third kappa shape index (κ3) is 3.97. The fourth-order valence-corrected chi connectivity index (χ4v) is 3.53. The van der Waals surface area contributed by atoms with E-state index in [2.05, 4.69) is 4.90 Å². The molecule has 2 aliphatic rings. The van der Waals surface area contributed by atoms with Gasteiger partial charge in [0, 0.05) is 29.2 Å². The minimum atomic E-state index is -0.0880. The van der Waals surface area contributed by atoms with E-state index < -0.39 is 0 Å². The summed E-state index contributed by atoms with van der Waals surface area (Å²) >= 11 is 6.22. The van der Waals surface area contributed by atoms with Crippen molar-refractivity contribution in [1.82, 2.24) is 4.90 Å². The largest absolute Gasteiger partial charge is 0.467 e. The number of carbonyl (C=O) groups is 1. The summed E-state index contributed by atoms with van der Waals surface area (Å²) in [6.07, 6.45) is 1.89. The Morgan fingerprint density at radius 3 is 3.17 bits per heavy atom. The van der Waals surface area contributed by atoms with Crippen molar-refractivity contribution >= 4 is 17.6 Å². The molecule has 3 rings (SSSR count). The monoisotopic (exact) mass is 339 g/mol. The molecule has 1 atom stereocenters. The average Bonchev–Trinajstić information content (AvgIpc) is 2.55. The first-order chi connectivity index (χ1) is 11.2. The van der Waals surface area contributed by atoms with Gasteiger partial charge in [-0.15, -0.1) is 0 Å². The molecule has 0 aromatic heterocycles. The molecule has 0 aliphatic carbocycles. The summed E-state index contributed by atoms with van der Waals surface area (Å²) in [4.78, 5) is 14.2. The maximum atomic E-state index is 12.0. The highest BCUT2D eigenvalue weighted by Gasteiger charge is 2.28. The van der Waals surface area contributed by atoms with E-state index >= 15 is 0 Å². The Balaban J connectivity index is 1.71. The quantitative estimate of drug-likeness (QED) is 0.789. The standard InChI is InChI=1S/C17H22ClNO4/c1-2-22-17(20)12-4-3-5-19(8-12)9-13-6-15(18)7-14-10-21-11-23-16(13)14/h6-7,12H,2-5,8-11H2,1H3/t12-/m0/s1. The van der Waals surface area contributed by atoms with Gasteiger partial charge < -0.3 is 14.2 Å². The Labute approximate surface area is 141 Å². The Hall–Kier alpha value is -1.30. The van der Waals surface area contributed by atoms with E-state index in [0.717, 1.165) is 49.4 Å². The van der Waals surface area contributed by atoms with Gasteiger partial charge in [0.05, 0.1) is 19.1 Å². The van der Waals surface area contributed by atoms with Gasteiger partial charge in [-0.2, -0.15) is 0 Å². The number of hydrogen-bond donors (Lipinski definition) is 0. The molecule has 0 saturated carbocycles. The lowest BCUT2D eigenvalue weighted by molar-refractivity contribution is -0.150. The van der Waals surface area contributed by atoms with Crippen LogP contribution >= 0.6 is 11.6 Å². The molecule has 5 nitrogen and oxygen atoms in total. The van der Waals surface area contributed by atoms with Crippen LogP contribution in [0, 0.1) is 5.92 Å². The summed E-state index contributed by atoms with van der Waals surface area (Å²) < 4.78 is 16.1. The second-order valence-corrected chi connectivity index (χ2v) is 6.43. The van der Waals surface area contributed by atoms with E-state index in [-0.39, 0.29) is 18.7 Å². The van der Waals surface area contributed by atoms with Crippen molar-refractivity contribution in [2.24, 2.45) is 5.92 Å². The number of likely N-dealkylation sites (tertiary alicyclic amines) is 1. The van der Waals surface area contributed by atoms with E-state index in [1.807, 2.05) is 19.1 Å². The molecule has 23 heavy (non-hydrogen) atoms. The van der Waals surface area contributed by atoms with Crippen molar-refractivity contribution < 1.29 is 19.0 Å². The van der Waals surface area contributed by atoms with Crippen LogP contribution in [0.1, 0.15) is 30.9 Å². The summed E-state index contributed by atoms with van der Waals surface area (Å²) in [6.45, 7) is 5.48. The minimum absolute atomic E-state index is 0.0389. The lowest BCUT2D eigenvalue weighted by Gasteiger charge is -2.32. The van der Waals surface area contributed by atoms with E-state index in [0.29, 0.717) is 18.2 Å². The predicted molar refractivity (Wildman–Crippen MR) is 86.4 cm³/mol. The molecule has 1 saturated heterocycles. The second-order valence-electron chi connectivity index (χ2n) is 5.99. The number of benzene rings is 1. The molecule has 2 aliphatic heterocycles. The third-order valence-corrected chi connectivity index (χ3v) is 4.49. The van der Waals surface area contributed by atoms with Gasteiger partial charge in [0.25, 0.3) is 0 Å². The van der Waals surface area contributed by atoms with Crippen molar-refractivity contribution in [2.75, 3.05) is 26.5 Å². The normalized spacial score (nSPS) is 21.4. The Bertz CT molecular complexity index is 578. The number of piperidine rings is 1. The van der Waals surface area contributed by atoms with Crippen molar-refractivity contribution in [1.29, 1.82) is 0 Å². The van der Waals surface area contributed by atoms with Crippen LogP contribution in [-0.4, -0.2) is 37.4 Å². The number of ether oxygens (including phenoxy) is 3. The number of esters is 1. The molecule has 1 aromatic carbocycles. The van der Waals surface area contributed by atoms with E-state index in [9.17, 15) is 4.79 Å². The van der Waals surface area contributed by atoms with Gasteiger partial charge in [0.2, 0.25) is 0 Å². The van der Waals surface area contributed by atoms with Gasteiger partial charge in [-0.25, -0.2) is 0 Å². The van der Waals surface area contributed by atoms with Crippen molar-refractivity contribution in [3.63, 3.8) is 0 Å². The van der Waals surface area contributed by atoms with Crippen molar-refractivity contribution in [3.8, 4) is 5.75 Å². The lowest BCUT2D eigenvalue weighted by Crippen LogP contribution is -2.39. The smallest absolute Gasteiger partial charge is 0.310 e. The molecular formula is C17H22ClNO4. The highest BCUT2D eigenvalue weighted by atomic mass is 35.5. The molecule has 0 unspecified atom stereocenters. The zero-order valence-corrected chi connectivity index (χ0v) is 14.1. The van der Waals surface area contributed by atoms with Crippen molar-refractivity contribution in [3.05, 3.63) is 28.3 Å². The SMILES string of the molecule is CCOC(=O)[C@H]1CCCN(Cc2cc(Cl)cc3c2OCOC3)C1. The zero-order chi connectivity index (χ0) is 16.2. The molecular weight excluding hydrogens is 318 g/mol. The Morgan fingerprint density at radius 1 is 1.48 bits per heavy atom. The molecule has 0 radical (unpaired) electrons. The number of rotatable bonds is 4. The van der Waals surface area contributed by atoms with Crippen LogP contribution in [0.4, 0.5) is 0 Å². The fraction of sp³-hybridized carbons (Fsp3) is 0.588. The number of halogens is 1. The molecule has 0 amide bonds. The van der Waals surface area contributed by atoms with Crippen LogP contribution < -0.4 is 4.74 Å². The fourth-order valence-electron chi connectivity index (χ4n) is 3.27. The predicted octanol–water partition coefficient (Wildman–Crippen LogP) is 2.98. The van der Waals surface area contributed by atoms with Gasteiger partial charge in [0.15, 0.2) is 6.79 Å². The van der Waals surface area contributed by atoms with E-state index in [1.165, 1.54) is 0 Å². The first-order valence-electron chi connectivity index (χ1n) is 8.08. The molecule has 126 valence electrons. The van der Waals surface area contributed by atoms with Crippen LogP contribution in [0.2, 0.25) is 5.02 Å². The maximum Gasteiger partial charge on any atom is 0.310 e. The Kier molecular flexibility index (Phi) is 5.41. The summed E-state index contributed by atoms with van der Waals surface area (Å²) in [6, 6.07) is 3.83. The van der Waals surface area contributed by atoms with Crippen LogP contribution in [-0.2, 0) is 27.4 Å². The molecule has 0 bridgehead atoms. The Morgan fingerprint density at radius 2 is 2.35 bits per heavy atom. The molecule has 1 fully saturated rings. The van der Waals surface area contributed by atoms with Crippen LogP contribution in [0.5, 0.6) is 5.75 Å². The first-order valence-corrected chi connectivity index (χ1v) is 8.46. The number of nitrogens with zero attached hydrogens (tertiary/aromatic N) is 1. The first kappa shape index (κ1) is 16.6. The van der Waals surface area contributed by atoms with Gasteiger partial charge in [-0.1, -0.05) is 11.6 Å². The summed E-state index contributed by atoms with van der Waals surface area (Å²) in [5, 5.41) is 0.687. The lowest BCUT2D eigenvalue weighted by atomic mass is 9.97. The second kappa shape index (κ2) is 7.51. The molecule has 1 aromatic rings. The maximum absolute atomic E-state index is 12.0. The summed E-state index contributed by atoms with van der Waals surface area (Å²) in [5.74, 6) is 0.747. The van der Waals surface area contributed by atoms with Gasteiger partial charge in [-0.05, 0) is 38.4 Å². The zero-order valence-electron chi connectivity index (χ0n) is 13.3.